The summed E-state index contributed by atoms with van der Waals surface area (Å²) in [6.07, 6.45) is 1.63. The maximum Gasteiger partial charge on any atom is 0.472 e. The largest absolute Gasteiger partial charge is 0.472 e. The average molecular weight is 226 g/mol. The van der Waals surface area contributed by atoms with Crippen LogP contribution in [0.25, 0.3) is 0 Å². The normalized spacial score (nSPS) is 16.9. The minimum atomic E-state index is -3.78. The molecule has 0 saturated heterocycles. The van der Waals surface area contributed by atoms with Crippen molar-refractivity contribution >= 4 is 7.82 Å². The molecule has 1 N–H and O–H groups in total. The molecule has 0 bridgehead atoms. The van der Waals surface area contributed by atoms with Gasteiger partial charge >= 0.3 is 7.82 Å². The second-order valence-corrected chi connectivity index (χ2v) is 4.56. The van der Waals surface area contributed by atoms with Gasteiger partial charge < -0.3 is 4.89 Å². The van der Waals surface area contributed by atoms with Crippen molar-refractivity contribution in [1.29, 1.82) is 0 Å². The van der Waals surface area contributed by atoms with E-state index in [-0.39, 0.29) is 26.6 Å². The van der Waals surface area contributed by atoms with Gasteiger partial charge in [0.1, 0.15) is 0 Å². The summed E-state index contributed by atoms with van der Waals surface area (Å²) in [5, 5.41) is 0. The van der Waals surface area contributed by atoms with Gasteiger partial charge in [-0.25, -0.2) is 4.57 Å². The monoisotopic (exact) mass is 226 g/mol. The van der Waals surface area contributed by atoms with E-state index in [1.807, 2.05) is 20.8 Å². The Labute approximate surface area is 87.2 Å². The molecule has 0 rings (SSSR count). The molecule has 0 radical (unpaired) electrons. The van der Waals surface area contributed by atoms with Crippen LogP contribution in [0.4, 0.5) is 0 Å². The second-order valence-electron chi connectivity index (χ2n) is 3.11. The van der Waals surface area contributed by atoms with Crippen LogP contribution in [-0.2, 0) is 13.6 Å². The Kier molecular flexibility index (Phi) is 9.95. The summed E-state index contributed by atoms with van der Waals surface area (Å²) in [6, 6.07) is 0. The van der Waals surface area contributed by atoms with E-state index in [1.54, 1.807) is 0 Å². The van der Waals surface area contributed by atoms with Gasteiger partial charge in [0.05, 0.1) is 13.2 Å². The third-order valence-corrected chi connectivity index (χ3v) is 2.66. The number of phosphoric acid groups is 1. The Hall–Kier alpha value is 0.110. The molecule has 0 fully saturated rings. The van der Waals surface area contributed by atoms with Crippen molar-refractivity contribution in [2.45, 2.75) is 41.0 Å². The molecule has 2 unspecified atom stereocenters. The predicted molar refractivity (Wildman–Crippen MR) is 58.2 cm³/mol. The van der Waals surface area contributed by atoms with E-state index >= 15 is 0 Å². The molecule has 0 saturated carbocycles. The van der Waals surface area contributed by atoms with Crippen molar-refractivity contribution in [2.75, 3.05) is 13.2 Å². The number of rotatable bonds is 7. The van der Waals surface area contributed by atoms with Gasteiger partial charge in [-0.2, -0.15) is 0 Å². The van der Waals surface area contributed by atoms with Gasteiger partial charge in [-0.1, -0.05) is 34.6 Å². The minimum Gasteiger partial charge on any atom is -0.302 e. The van der Waals surface area contributed by atoms with E-state index in [2.05, 4.69) is 4.52 Å². The predicted octanol–water partition coefficient (Wildman–Crippen LogP) is 3.21. The maximum atomic E-state index is 11.1. The van der Waals surface area contributed by atoms with Crippen molar-refractivity contribution in [2.24, 2.45) is 5.92 Å². The smallest absolute Gasteiger partial charge is 0.302 e. The van der Waals surface area contributed by atoms with Crippen LogP contribution in [0, 0.1) is 5.92 Å². The molecule has 0 aliphatic carbocycles. The van der Waals surface area contributed by atoms with Gasteiger partial charge in [0.2, 0.25) is 0 Å². The summed E-state index contributed by atoms with van der Waals surface area (Å²) < 4.78 is 20.5. The Bertz CT molecular complexity index is 172. The van der Waals surface area contributed by atoms with Crippen LogP contribution in [0.5, 0.6) is 0 Å². The van der Waals surface area contributed by atoms with Gasteiger partial charge in [-0.15, -0.1) is 0 Å². The topological polar surface area (TPSA) is 55.8 Å². The zero-order valence-electron chi connectivity index (χ0n) is 8.52. The van der Waals surface area contributed by atoms with Gasteiger partial charge in [-0.05, 0) is 12.3 Å². The first-order chi connectivity index (χ1) is 6.02. The zero-order valence-corrected chi connectivity index (χ0v) is 9.42. The lowest BCUT2D eigenvalue weighted by atomic mass is 10.1. The van der Waals surface area contributed by atoms with Crippen LogP contribution in [0.2, 0.25) is 0 Å². The molecule has 0 aliphatic heterocycles. The minimum absolute atomic E-state index is 0. The molecule has 2 atom stereocenters. The van der Waals surface area contributed by atoms with E-state index in [4.69, 9.17) is 9.42 Å². The van der Waals surface area contributed by atoms with Gasteiger partial charge in [0, 0.05) is 0 Å². The van der Waals surface area contributed by atoms with Crippen molar-refractivity contribution in [3.63, 3.8) is 0 Å². The molecular weight excluding hydrogens is 203 g/mol. The van der Waals surface area contributed by atoms with Gasteiger partial charge in [0.15, 0.2) is 0 Å². The van der Waals surface area contributed by atoms with Crippen molar-refractivity contribution < 1.29 is 18.5 Å². The summed E-state index contributed by atoms with van der Waals surface area (Å²) in [5.41, 5.74) is 0. The quantitative estimate of drug-likeness (QED) is 0.677. The second kappa shape index (κ2) is 8.42. The van der Waals surface area contributed by atoms with E-state index in [0.29, 0.717) is 6.42 Å². The molecule has 0 aromatic heterocycles. The lowest BCUT2D eigenvalue weighted by Crippen LogP contribution is -2.05. The molecule has 0 heterocycles. The van der Waals surface area contributed by atoms with E-state index in [0.717, 1.165) is 6.42 Å². The fourth-order valence-corrected chi connectivity index (χ4v) is 1.51. The third-order valence-electron chi connectivity index (χ3n) is 1.68. The van der Waals surface area contributed by atoms with E-state index in [9.17, 15) is 4.57 Å². The van der Waals surface area contributed by atoms with Crippen LogP contribution >= 0.6 is 7.82 Å². The lowest BCUT2D eigenvalue weighted by Gasteiger charge is -2.14. The molecular formula is C9H23O4P. The molecule has 0 aromatic rings. The Balaban J connectivity index is 0. The summed E-state index contributed by atoms with van der Waals surface area (Å²) in [7, 11) is -3.78. The van der Waals surface area contributed by atoms with Crippen molar-refractivity contribution in [1.82, 2.24) is 0 Å². The summed E-state index contributed by atoms with van der Waals surface area (Å²) in [6.45, 7) is 6.36. The Morgan fingerprint density at radius 1 is 1.36 bits per heavy atom. The molecule has 0 spiro atoms. The summed E-state index contributed by atoms with van der Waals surface area (Å²) in [5.74, 6) is 0.283. The van der Waals surface area contributed by atoms with Crippen molar-refractivity contribution in [3.05, 3.63) is 0 Å². The lowest BCUT2D eigenvalue weighted by molar-refractivity contribution is 0.133. The van der Waals surface area contributed by atoms with E-state index < -0.39 is 7.82 Å². The van der Waals surface area contributed by atoms with Gasteiger partial charge in [-0.3, -0.25) is 9.05 Å². The van der Waals surface area contributed by atoms with E-state index in [1.165, 1.54) is 0 Å². The first-order valence-electron chi connectivity index (χ1n) is 4.63. The third kappa shape index (κ3) is 8.70. The van der Waals surface area contributed by atoms with Crippen LogP contribution in [-0.4, -0.2) is 18.1 Å². The first kappa shape index (κ1) is 16.5. The molecule has 5 heteroatoms. The molecule has 0 aromatic carbocycles. The molecule has 0 aliphatic rings. The fourth-order valence-electron chi connectivity index (χ4n) is 0.583. The maximum absolute atomic E-state index is 11.1. The highest BCUT2D eigenvalue weighted by Crippen LogP contribution is 2.43. The number of phosphoric ester groups is 1. The standard InChI is InChI=1S/C8H19O4P.CH4/c1-4-6-11-13(9,10)12-7-8(3)5-2;/h8H,4-7H2,1-3H3,(H,9,10);1H4. The summed E-state index contributed by atoms with van der Waals surface area (Å²) >= 11 is 0. The van der Waals surface area contributed by atoms with Crippen molar-refractivity contribution in [3.8, 4) is 0 Å². The van der Waals surface area contributed by atoms with Crippen LogP contribution in [0.3, 0.4) is 0 Å². The van der Waals surface area contributed by atoms with Gasteiger partial charge in [0.25, 0.3) is 0 Å². The SMILES string of the molecule is C.CCCOP(=O)(O)OCC(C)CC. The zero-order chi connectivity index (χ0) is 10.3. The average Bonchev–Trinajstić information content (AvgIpc) is 2.11. The van der Waals surface area contributed by atoms with Crippen LogP contribution < -0.4 is 0 Å². The highest BCUT2D eigenvalue weighted by Gasteiger charge is 2.20. The molecule has 0 amide bonds. The van der Waals surface area contributed by atoms with Crippen LogP contribution in [0.1, 0.15) is 41.0 Å². The Morgan fingerprint density at radius 3 is 2.36 bits per heavy atom. The molecule has 14 heavy (non-hydrogen) atoms. The highest BCUT2D eigenvalue weighted by atomic mass is 31.2. The number of hydrogen-bond acceptors (Lipinski definition) is 3. The first-order valence-corrected chi connectivity index (χ1v) is 6.13. The Morgan fingerprint density at radius 2 is 1.93 bits per heavy atom. The highest BCUT2D eigenvalue weighted by molar-refractivity contribution is 7.47. The molecule has 88 valence electrons. The summed E-state index contributed by atoms with van der Waals surface area (Å²) in [4.78, 5) is 9.10. The molecule has 4 nitrogen and oxygen atoms in total. The van der Waals surface area contributed by atoms with Crippen LogP contribution in [0.15, 0.2) is 0 Å². The fraction of sp³-hybridized carbons (Fsp3) is 1.00. The number of hydrogen-bond donors (Lipinski definition) is 1.